The van der Waals surface area contributed by atoms with E-state index in [-0.39, 0.29) is 24.7 Å². The SMILES string of the molecule is CC(C)C[C@H](NC(=O)[C@@H](N)CCCN=C(N)N)C(=O)N[C@@H](Cc1ccccc1)C(=O)N[C@@H](Cc1ccccc1)C(=O)O. The number of carboxylic acid groups (broad SMARTS) is 1. The molecule has 0 aliphatic rings. The van der Waals surface area contributed by atoms with Gasteiger partial charge in [0.25, 0.3) is 0 Å². The fraction of sp³-hybridized carbons (Fsp3) is 0.433. The van der Waals surface area contributed by atoms with Crippen molar-refractivity contribution < 1.29 is 24.3 Å². The van der Waals surface area contributed by atoms with Gasteiger partial charge in [-0.2, -0.15) is 0 Å². The lowest BCUT2D eigenvalue weighted by atomic mass is 10.00. The topological polar surface area (TPSA) is 215 Å². The molecular weight excluding hydrogens is 538 g/mol. The van der Waals surface area contributed by atoms with Gasteiger partial charge in [-0.25, -0.2) is 4.79 Å². The molecule has 0 bridgehead atoms. The summed E-state index contributed by atoms with van der Waals surface area (Å²) in [5.74, 6) is -2.96. The second-order valence-corrected chi connectivity index (χ2v) is 10.6. The van der Waals surface area contributed by atoms with Crippen molar-refractivity contribution in [2.45, 2.75) is 70.1 Å². The van der Waals surface area contributed by atoms with Crippen molar-refractivity contribution in [3.8, 4) is 0 Å². The first-order valence-electron chi connectivity index (χ1n) is 14.0. The Morgan fingerprint density at radius 3 is 1.74 bits per heavy atom. The molecule has 0 aromatic heterocycles. The van der Waals surface area contributed by atoms with Crippen LogP contribution < -0.4 is 33.2 Å². The summed E-state index contributed by atoms with van der Waals surface area (Å²) in [6.07, 6.45) is 1.25. The lowest BCUT2D eigenvalue weighted by Gasteiger charge is -2.26. The quantitative estimate of drug-likeness (QED) is 0.0788. The minimum Gasteiger partial charge on any atom is -0.480 e. The molecule has 42 heavy (non-hydrogen) atoms. The number of nitrogens with one attached hydrogen (secondary N) is 3. The highest BCUT2D eigenvalue weighted by Gasteiger charge is 2.31. The first kappa shape index (κ1) is 33.8. The molecule has 4 atom stereocenters. The van der Waals surface area contributed by atoms with Gasteiger partial charge in [0, 0.05) is 19.4 Å². The molecule has 12 nitrogen and oxygen atoms in total. The van der Waals surface area contributed by atoms with Crippen LogP contribution in [0, 0.1) is 5.92 Å². The number of guanidine groups is 1. The van der Waals surface area contributed by atoms with Crippen molar-refractivity contribution in [3.05, 3.63) is 71.8 Å². The van der Waals surface area contributed by atoms with Gasteiger partial charge in [-0.15, -0.1) is 0 Å². The van der Waals surface area contributed by atoms with Crippen LogP contribution >= 0.6 is 0 Å². The Kier molecular flexibility index (Phi) is 14.0. The van der Waals surface area contributed by atoms with E-state index < -0.39 is 47.9 Å². The van der Waals surface area contributed by atoms with Crippen LogP contribution in [0.1, 0.15) is 44.2 Å². The average molecular weight is 582 g/mol. The number of nitrogens with two attached hydrogens (primary N) is 3. The Morgan fingerprint density at radius 1 is 0.762 bits per heavy atom. The van der Waals surface area contributed by atoms with Crippen LogP contribution in [-0.4, -0.2) is 65.5 Å². The van der Waals surface area contributed by atoms with Crippen molar-refractivity contribution >= 4 is 29.7 Å². The van der Waals surface area contributed by atoms with Gasteiger partial charge in [-0.05, 0) is 36.3 Å². The average Bonchev–Trinajstić information content (AvgIpc) is 2.94. The van der Waals surface area contributed by atoms with Gasteiger partial charge in [0.15, 0.2) is 5.96 Å². The van der Waals surface area contributed by atoms with E-state index in [4.69, 9.17) is 17.2 Å². The van der Waals surface area contributed by atoms with Crippen molar-refractivity contribution in [2.24, 2.45) is 28.1 Å². The third-order valence-electron chi connectivity index (χ3n) is 6.46. The summed E-state index contributed by atoms with van der Waals surface area (Å²) in [5.41, 5.74) is 18.2. The molecule has 0 radical (unpaired) electrons. The molecule has 0 spiro atoms. The Hall–Kier alpha value is -4.45. The Balaban J connectivity index is 2.18. The largest absolute Gasteiger partial charge is 0.480 e. The van der Waals surface area contributed by atoms with Gasteiger partial charge in [0.05, 0.1) is 6.04 Å². The summed E-state index contributed by atoms with van der Waals surface area (Å²) in [4.78, 5) is 55.6. The van der Waals surface area contributed by atoms with E-state index in [1.807, 2.05) is 26.0 Å². The van der Waals surface area contributed by atoms with E-state index in [1.54, 1.807) is 48.5 Å². The number of carbonyl (C=O) groups is 4. The summed E-state index contributed by atoms with van der Waals surface area (Å²) in [6, 6.07) is 13.8. The summed E-state index contributed by atoms with van der Waals surface area (Å²) in [6.45, 7) is 4.12. The Morgan fingerprint density at radius 2 is 1.24 bits per heavy atom. The molecule has 0 fully saturated rings. The fourth-order valence-electron chi connectivity index (χ4n) is 4.29. The minimum absolute atomic E-state index is 0.0304. The predicted molar refractivity (Wildman–Crippen MR) is 161 cm³/mol. The van der Waals surface area contributed by atoms with Gasteiger partial charge in [-0.1, -0.05) is 74.5 Å². The molecule has 0 aliphatic heterocycles. The molecule has 228 valence electrons. The lowest BCUT2D eigenvalue weighted by Crippen LogP contribution is -2.58. The molecular formula is C30H43N7O5. The summed E-state index contributed by atoms with van der Waals surface area (Å²) in [7, 11) is 0. The molecule has 10 N–H and O–H groups in total. The number of rotatable bonds is 17. The predicted octanol–water partition coefficient (Wildman–Crippen LogP) is 0.438. The maximum absolute atomic E-state index is 13.5. The van der Waals surface area contributed by atoms with Crippen LogP contribution in [0.25, 0.3) is 0 Å². The monoisotopic (exact) mass is 581 g/mol. The zero-order chi connectivity index (χ0) is 31.1. The Bertz CT molecular complexity index is 1190. The van der Waals surface area contributed by atoms with Crippen LogP contribution in [0.2, 0.25) is 0 Å². The van der Waals surface area contributed by atoms with Gasteiger partial charge in [0.2, 0.25) is 17.7 Å². The second-order valence-electron chi connectivity index (χ2n) is 10.6. The fourth-order valence-corrected chi connectivity index (χ4v) is 4.29. The number of carboxylic acids is 1. The van der Waals surface area contributed by atoms with Gasteiger partial charge < -0.3 is 38.3 Å². The van der Waals surface area contributed by atoms with E-state index in [9.17, 15) is 24.3 Å². The molecule has 0 saturated carbocycles. The number of hydrogen-bond acceptors (Lipinski definition) is 6. The molecule has 2 aromatic rings. The second kappa shape index (κ2) is 17.4. The van der Waals surface area contributed by atoms with Crippen LogP contribution in [0.15, 0.2) is 65.7 Å². The third-order valence-corrected chi connectivity index (χ3v) is 6.46. The number of hydrogen-bond donors (Lipinski definition) is 7. The number of benzene rings is 2. The maximum atomic E-state index is 13.5. The van der Waals surface area contributed by atoms with E-state index >= 15 is 0 Å². The smallest absolute Gasteiger partial charge is 0.326 e. The van der Waals surface area contributed by atoms with Gasteiger partial charge in [-0.3, -0.25) is 19.4 Å². The number of carbonyl (C=O) groups excluding carboxylic acids is 3. The van der Waals surface area contributed by atoms with E-state index in [0.717, 1.165) is 11.1 Å². The van der Waals surface area contributed by atoms with E-state index in [2.05, 4.69) is 20.9 Å². The van der Waals surface area contributed by atoms with Crippen LogP contribution in [0.3, 0.4) is 0 Å². The van der Waals surface area contributed by atoms with Crippen LogP contribution in [-0.2, 0) is 32.0 Å². The molecule has 3 amide bonds. The van der Waals surface area contributed by atoms with E-state index in [1.165, 1.54) is 0 Å². The molecule has 0 unspecified atom stereocenters. The first-order valence-corrected chi connectivity index (χ1v) is 14.0. The first-order chi connectivity index (χ1) is 20.0. The van der Waals surface area contributed by atoms with Gasteiger partial charge in [0.1, 0.15) is 18.1 Å². The Labute approximate surface area is 246 Å². The number of aliphatic imine (C=N–C) groups is 1. The summed E-state index contributed by atoms with van der Waals surface area (Å²) in [5, 5.41) is 17.8. The van der Waals surface area contributed by atoms with Crippen molar-refractivity contribution in [1.82, 2.24) is 16.0 Å². The summed E-state index contributed by atoms with van der Waals surface area (Å²) >= 11 is 0. The standard InChI is InChI=1S/C30H43N7O5/c1-19(2)16-23(35-26(38)22(31)14-9-15-34-30(32)33)27(39)36-24(17-20-10-5-3-6-11-20)28(40)37-25(29(41)42)18-21-12-7-4-8-13-21/h3-8,10-13,19,22-25H,9,14-18,31H2,1-2H3,(H,35,38)(H,36,39)(H,37,40)(H,41,42)(H4,32,33,34)/t22-,23-,24-,25-/m0/s1. The lowest BCUT2D eigenvalue weighted by molar-refractivity contribution is -0.142. The normalized spacial score (nSPS) is 13.7. The van der Waals surface area contributed by atoms with Crippen LogP contribution in [0.5, 0.6) is 0 Å². The molecule has 12 heteroatoms. The van der Waals surface area contributed by atoms with Crippen molar-refractivity contribution in [2.75, 3.05) is 6.54 Å². The highest BCUT2D eigenvalue weighted by molar-refractivity contribution is 5.94. The number of amides is 3. The third kappa shape index (κ3) is 12.4. The minimum atomic E-state index is -1.21. The number of aliphatic carboxylic acids is 1. The van der Waals surface area contributed by atoms with Crippen LogP contribution in [0.4, 0.5) is 0 Å². The molecule has 0 saturated heterocycles. The van der Waals surface area contributed by atoms with E-state index in [0.29, 0.717) is 25.8 Å². The summed E-state index contributed by atoms with van der Waals surface area (Å²) < 4.78 is 0. The van der Waals surface area contributed by atoms with Gasteiger partial charge >= 0.3 is 5.97 Å². The molecule has 2 rings (SSSR count). The molecule has 0 heterocycles. The highest BCUT2D eigenvalue weighted by atomic mass is 16.4. The van der Waals surface area contributed by atoms with Crippen molar-refractivity contribution in [3.63, 3.8) is 0 Å². The number of nitrogens with zero attached hydrogens (tertiary/aromatic N) is 1. The van der Waals surface area contributed by atoms with Crippen molar-refractivity contribution in [1.29, 1.82) is 0 Å². The highest BCUT2D eigenvalue weighted by Crippen LogP contribution is 2.10. The zero-order valence-electron chi connectivity index (χ0n) is 24.2. The molecule has 2 aromatic carbocycles. The zero-order valence-corrected chi connectivity index (χ0v) is 24.2. The molecule has 0 aliphatic carbocycles. The maximum Gasteiger partial charge on any atom is 0.326 e.